The first-order chi connectivity index (χ1) is 18.9. The average Bonchev–Trinajstić information content (AvgIpc) is 3.59. The number of nitrogens with zero attached hydrogens (tertiary/aromatic N) is 3. The van der Waals surface area contributed by atoms with Crippen molar-refractivity contribution < 1.29 is 18.9 Å². The van der Waals surface area contributed by atoms with Gasteiger partial charge in [0.2, 0.25) is 5.91 Å². The maximum Gasteiger partial charge on any atom is 0.433 e. The molecule has 0 bridgehead atoms. The number of aromatic nitrogens is 2. The fourth-order valence-electron chi connectivity index (χ4n) is 4.99. The number of likely N-dealkylation sites (tertiary alicyclic amines) is 1. The maximum absolute atomic E-state index is 13.2. The third-order valence-electron chi connectivity index (χ3n) is 7.04. The van der Waals surface area contributed by atoms with Gasteiger partial charge in [0.1, 0.15) is 10.7 Å². The van der Waals surface area contributed by atoms with Gasteiger partial charge >= 0.3 is 5.88 Å². The van der Waals surface area contributed by atoms with Crippen LogP contribution in [0.5, 0.6) is 0 Å². The summed E-state index contributed by atoms with van der Waals surface area (Å²) >= 11 is 0. The summed E-state index contributed by atoms with van der Waals surface area (Å²) in [4.78, 5) is 45.7. The maximum atomic E-state index is 13.2. The van der Waals surface area contributed by atoms with Gasteiger partial charge in [0.15, 0.2) is 0 Å². The number of pyridine rings is 1. The van der Waals surface area contributed by atoms with Crippen molar-refractivity contribution in [1.82, 2.24) is 20.2 Å². The molecule has 2 N–H and O–H groups in total. The van der Waals surface area contributed by atoms with Crippen molar-refractivity contribution >= 4 is 34.7 Å². The van der Waals surface area contributed by atoms with Crippen molar-refractivity contribution in [3.05, 3.63) is 99.2 Å². The lowest BCUT2D eigenvalue weighted by molar-refractivity contribution is -0.402. The van der Waals surface area contributed by atoms with E-state index in [0.29, 0.717) is 44.5 Å². The number of piperidine rings is 1. The Balaban J connectivity index is 1.18. The van der Waals surface area contributed by atoms with Crippen molar-refractivity contribution in [2.75, 3.05) is 19.6 Å². The molecule has 4 aromatic rings. The lowest BCUT2D eigenvalue weighted by Gasteiger charge is -2.31. The molecular formula is C29H29N5O5. The highest BCUT2D eigenvalue weighted by atomic mass is 16.6. The number of nitrogens with one attached hydrogen (secondary N) is 2. The lowest BCUT2D eigenvalue weighted by Crippen LogP contribution is -2.37. The fourth-order valence-corrected chi connectivity index (χ4v) is 4.99. The second kappa shape index (κ2) is 11.3. The Bertz CT molecular complexity index is 1540. The Morgan fingerprint density at radius 1 is 1.18 bits per heavy atom. The van der Waals surface area contributed by atoms with Crippen molar-refractivity contribution in [3.63, 3.8) is 0 Å². The molecule has 2 amide bonds. The van der Waals surface area contributed by atoms with Crippen LogP contribution in [0, 0.1) is 17.0 Å². The smallest absolute Gasteiger partial charge is 0.401 e. The normalized spacial score (nSPS) is 14.2. The summed E-state index contributed by atoms with van der Waals surface area (Å²) in [6.45, 7) is 3.45. The van der Waals surface area contributed by atoms with Crippen LogP contribution in [-0.2, 0) is 11.2 Å². The van der Waals surface area contributed by atoms with E-state index < -0.39 is 4.92 Å². The van der Waals surface area contributed by atoms with Gasteiger partial charge in [0, 0.05) is 54.4 Å². The summed E-state index contributed by atoms with van der Waals surface area (Å²) in [6.07, 6.45) is 6.85. The minimum atomic E-state index is -0.623. The number of para-hydroxylation sites is 1. The van der Waals surface area contributed by atoms with Crippen molar-refractivity contribution in [2.45, 2.75) is 32.1 Å². The standard InChI is InChI=1S/C29H29N5O5/c1-19-6-9-24(29(36)30-15-12-21-18-31-25-5-3-2-4-23(21)25)28(32-19)20-13-16-33(17-14-20)26(35)10-7-22-8-11-27(39-22)34(37)38/h2-11,18,20,31H,12-17H2,1H3,(H,30,36). The van der Waals surface area contributed by atoms with Crippen molar-refractivity contribution in [1.29, 1.82) is 0 Å². The first kappa shape index (κ1) is 25.9. The predicted molar refractivity (Wildman–Crippen MR) is 146 cm³/mol. The van der Waals surface area contributed by atoms with Crippen molar-refractivity contribution in [3.8, 4) is 0 Å². The van der Waals surface area contributed by atoms with Crippen LogP contribution < -0.4 is 5.32 Å². The van der Waals surface area contributed by atoms with E-state index in [9.17, 15) is 19.7 Å². The Kier molecular flexibility index (Phi) is 7.53. The summed E-state index contributed by atoms with van der Waals surface area (Å²) in [5.74, 6) is -0.410. The second-order valence-corrected chi connectivity index (χ2v) is 9.62. The van der Waals surface area contributed by atoms with E-state index in [1.54, 1.807) is 4.90 Å². The molecule has 39 heavy (non-hydrogen) atoms. The third kappa shape index (κ3) is 5.90. The molecule has 0 spiro atoms. The molecule has 0 aliphatic carbocycles. The van der Waals surface area contributed by atoms with E-state index in [1.807, 2.05) is 43.5 Å². The molecule has 1 fully saturated rings. The number of aryl methyl sites for hydroxylation is 1. The van der Waals surface area contributed by atoms with Crippen LogP contribution in [0.1, 0.15) is 51.8 Å². The SMILES string of the molecule is Cc1ccc(C(=O)NCCc2c[nH]c3ccccc23)c(C2CCN(C(=O)C=Cc3ccc([N+](=O)[O-])o3)CC2)n1. The zero-order valence-electron chi connectivity index (χ0n) is 21.6. The van der Waals surface area contributed by atoms with Gasteiger partial charge in [0.05, 0.1) is 17.3 Å². The number of carbonyl (C=O) groups excluding carboxylic acids is 2. The second-order valence-electron chi connectivity index (χ2n) is 9.62. The van der Waals surface area contributed by atoms with Gasteiger partial charge in [-0.2, -0.15) is 0 Å². The molecule has 3 aromatic heterocycles. The molecule has 10 nitrogen and oxygen atoms in total. The molecule has 4 heterocycles. The largest absolute Gasteiger partial charge is 0.433 e. The Morgan fingerprint density at radius 2 is 1.97 bits per heavy atom. The molecular weight excluding hydrogens is 498 g/mol. The van der Waals surface area contributed by atoms with E-state index in [-0.39, 0.29) is 29.4 Å². The van der Waals surface area contributed by atoms with Gasteiger partial charge < -0.3 is 19.6 Å². The molecule has 10 heteroatoms. The van der Waals surface area contributed by atoms with Gasteiger partial charge in [-0.25, -0.2) is 0 Å². The van der Waals surface area contributed by atoms with Crippen LogP contribution in [-0.4, -0.2) is 51.2 Å². The molecule has 200 valence electrons. The number of fused-ring (bicyclic) bond motifs is 1. The third-order valence-corrected chi connectivity index (χ3v) is 7.04. The molecule has 1 aliphatic rings. The molecule has 0 unspecified atom stereocenters. The number of benzene rings is 1. The highest BCUT2D eigenvalue weighted by Crippen LogP contribution is 2.30. The van der Waals surface area contributed by atoms with Gasteiger partial charge in [-0.15, -0.1) is 0 Å². The molecule has 1 saturated heterocycles. The first-order valence-electron chi connectivity index (χ1n) is 12.9. The summed E-state index contributed by atoms with van der Waals surface area (Å²) < 4.78 is 5.07. The van der Waals surface area contributed by atoms with Crippen LogP contribution in [0.25, 0.3) is 17.0 Å². The lowest BCUT2D eigenvalue weighted by atomic mass is 9.89. The number of H-pyrrole nitrogens is 1. The van der Waals surface area contributed by atoms with E-state index in [0.717, 1.165) is 27.9 Å². The van der Waals surface area contributed by atoms with Crippen molar-refractivity contribution in [2.24, 2.45) is 0 Å². The fraction of sp³-hybridized carbons (Fsp3) is 0.276. The molecule has 0 saturated carbocycles. The zero-order chi connectivity index (χ0) is 27.4. The quantitative estimate of drug-likeness (QED) is 0.193. The van der Waals surface area contributed by atoms with Gasteiger partial charge in [-0.05, 0) is 62.1 Å². The Labute approximate surface area is 224 Å². The Morgan fingerprint density at radius 3 is 2.74 bits per heavy atom. The van der Waals surface area contributed by atoms with E-state index in [1.165, 1.54) is 24.3 Å². The van der Waals surface area contributed by atoms with Crippen LogP contribution in [0.3, 0.4) is 0 Å². The average molecular weight is 528 g/mol. The monoisotopic (exact) mass is 527 g/mol. The minimum Gasteiger partial charge on any atom is -0.401 e. The van der Waals surface area contributed by atoms with Crippen LogP contribution in [0.2, 0.25) is 0 Å². The molecule has 1 aliphatic heterocycles. The molecule has 1 aromatic carbocycles. The number of rotatable bonds is 8. The number of carbonyl (C=O) groups is 2. The van der Waals surface area contributed by atoms with E-state index >= 15 is 0 Å². The molecule has 5 rings (SSSR count). The highest BCUT2D eigenvalue weighted by Gasteiger charge is 2.27. The topological polar surface area (TPSA) is 134 Å². The Hall–Kier alpha value is -4.73. The first-order valence-corrected chi connectivity index (χ1v) is 12.9. The number of amides is 2. The van der Waals surface area contributed by atoms with Gasteiger partial charge in [-0.3, -0.25) is 24.7 Å². The minimum absolute atomic E-state index is 0.0556. The molecule has 0 atom stereocenters. The highest BCUT2D eigenvalue weighted by molar-refractivity contribution is 5.95. The van der Waals surface area contributed by atoms with E-state index in [2.05, 4.69) is 16.4 Å². The summed E-state index contributed by atoms with van der Waals surface area (Å²) in [5.41, 5.74) is 4.42. The predicted octanol–water partition coefficient (Wildman–Crippen LogP) is 4.76. The number of hydrogen-bond acceptors (Lipinski definition) is 6. The van der Waals surface area contributed by atoms with Crippen LogP contribution in [0.4, 0.5) is 5.88 Å². The number of hydrogen-bond donors (Lipinski definition) is 2. The number of nitro groups is 1. The van der Waals surface area contributed by atoms with Gasteiger partial charge in [-0.1, -0.05) is 18.2 Å². The number of furan rings is 1. The number of aromatic amines is 1. The van der Waals surface area contributed by atoms with Gasteiger partial charge in [0.25, 0.3) is 5.91 Å². The van der Waals surface area contributed by atoms with Crippen LogP contribution in [0.15, 0.2) is 65.2 Å². The zero-order valence-corrected chi connectivity index (χ0v) is 21.6. The van der Waals surface area contributed by atoms with E-state index in [4.69, 9.17) is 9.40 Å². The summed E-state index contributed by atoms with van der Waals surface area (Å²) in [7, 11) is 0. The molecule has 0 radical (unpaired) electrons. The van der Waals surface area contributed by atoms with Crippen LogP contribution >= 0.6 is 0 Å². The summed E-state index contributed by atoms with van der Waals surface area (Å²) in [5, 5.41) is 15.0. The summed E-state index contributed by atoms with van der Waals surface area (Å²) in [6, 6.07) is 14.5.